The van der Waals surface area contributed by atoms with Crippen LogP contribution in [-0.4, -0.2) is 0 Å². The van der Waals surface area contributed by atoms with Crippen LogP contribution in [0.4, 0.5) is 0 Å². The molecule has 0 nitrogen and oxygen atoms in total. The summed E-state index contributed by atoms with van der Waals surface area (Å²) in [6, 6.07) is 0. The summed E-state index contributed by atoms with van der Waals surface area (Å²) >= 11 is 0. The Bertz CT molecular complexity index is 56.1. The molecule has 0 unspecified atom stereocenters. The van der Waals surface area contributed by atoms with Crippen molar-refractivity contribution >= 4 is 0 Å². The molecule has 0 aliphatic heterocycles. The van der Waals surface area contributed by atoms with Crippen LogP contribution < -0.4 is 0 Å². The van der Waals surface area contributed by atoms with Gasteiger partial charge in [0.15, 0.2) is 0 Å². The number of unbranched alkanes of at least 4 members (excludes halogenated alkanes) is 3. The van der Waals surface area contributed by atoms with Crippen LogP contribution >= 0.6 is 0 Å². The molecule has 1 radical (unpaired) electrons. The maximum Gasteiger partial charge on any atom is 0 e. The summed E-state index contributed by atoms with van der Waals surface area (Å²) in [5.74, 6) is 0.836. The van der Waals surface area contributed by atoms with Crippen molar-refractivity contribution in [2.45, 2.75) is 59.3 Å². The second-order valence-corrected chi connectivity index (χ2v) is 3.60. The average molecular weight is 339 g/mol. The van der Waals surface area contributed by atoms with Gasteiger partial charge in [-0.3, -0.25) is 0 Å². The van der Waals surface area contributed by atoms with Gasteiger partial charge in [0.25, 0.3) is 0 Å². The Balaban J connectivity index is -0.000000143. The quantitative estimate of drug-likeness (QED) is 0.505. The molecule has 0 aliphatic carbocycles. The minimum atomic E-state index is 0. The molecule has 0 amide bonds. The molecule has 0 aliphatic rings. The van der Waals surface area contributed by atoms with Crippen LogP contribution in [0.25, 0.3) is 0 Å². The second kappa shape index (κ2) is 18.9. The van der Waals surface area contributed by atoms with Crippen molar-refractivity contribution in [2.75, 3.05) is 0 Å². The Morgan fingerprint density at radius 3 is 1.62 bits per heavy atom. The minimum absolute atomic E-state index is 0. The summed E-state index contributed by atoms with van der Waals surface area (Å²) in [7, 11) is 0. The van der Waals surface area contributed by atoms with Gasteiger partial charge in [0.2, 0.25) is 0 Å². The molecule has 0 saturated carbocycles. The molecule has 0 bridgehead atoms. The predicted octanol–water partition coefficient (Wildman–Crippen LogP) is 4.66. The maximum atomic E-state index is 3.73. The molecule has 0 saturated heterocycles. The Morgan fingerprint density at radius 2 is 1.54 bits per heavy atom. The van der Waals surface area contributed by atoms with E-state index >= 15 is 0 Å². The van der Waals surface area contributed by atoms with E-state index in [1.165, 1.54) is 25.7 Å². The standard InChI is InChI=1S/2C6H13.Tm/c1-4-5-6(2)3;1-3-5-6-4-2;/h6H,1,4-5H2,2-3H3;1,3-6H2,2H3;/q2*-1;. The third-order valence-corrected chi connectivity index (χ3v) is 1.64. The van der Waals surface area contributed by atoms with E-state index in [-0.39, 0.29) is 36.9 Å². The van der Waals surface area contributed by atoms with Crippen LogP contribution in [0, 0.1) is 56.6 Å². The number of rotatable bonds is 5. The van der Waals surface area contributed by atoms with E-state index in [2.05, 4.69) is 34.6 Å². The van der Waals surface area contributed by atoms with Crippen LogP contribution in [0.2, 0.25) is 0 Å². The van der Waals surface area contributed by atoms with Gasteiger partial charge in [-0.05, 0) is 5.92 Å². The van der Waals surface area contributed by atoms with Crippen LogP contribution in [0.1, 0.15) is 59.3 Å². The summed E-state index contributed by atoms with van der Waals surface area (Å²) in [6.07, 6.45) is 7.42. The zero-order valence-electron chi connectivity index (χ0n) is 9.51. The van der Waals surface area contributed by atoms with Gasteiger partial charge in [0.1, 0.15) is 0 Å². The van der Waals surface area contributed by atoms with E-state index in [1.807, 2.05) is 0 Å². The molecule has 1 heteroatoms. The largest absolute Gasteiger partial charge is 0.343 e. The molecule has 0 heterocycles. The minimum Gasteiger partial charge on any atom is -0.343 e. The first-order valence-electron chi connectivity index (χ1n) is 5.27. The first-order chi connectivity index (χ1) is 5.68. The maximum absolute atomic E-state index is 3.73. The SMILES string of the molecule is [CH2-]CCC(C)C.[CH2-]CCCCC.[Tm]. The Morgan fingerprint density at radius 1 is 1.00 bits per heavy atom. The van der Waals surface area contributed by atoms with Crippen molar-refractivity contribution in [3.05, 3.63) is 13.8 Å². The van der Waals surface area contributed by atoms with Gasteiger partial charge in [-0.1, -0.05) is 46.5 Å². The van der Waals surface area contributed by atoms with Gasteiger partial charge in [0, 0.05) is 36.9 Å². The summed E-state index contributed by atoms with van der Waals surface area (Å²) in [4.78, 5) is 0. The van der Waals surface area contributed by atoms with E-state index in [9.17, 15) is 0 Å². The summed E-state index contributed by atoms with van der Waals surface area (Å²) in [5, 5.41) is 0. The fourth-order valence-corrected chi connectivity index (χ4v) is 0.835. The van der Waals surface area contributed by atoms with Gasteiger partial charge in [-0.2, -0.15) is 12.8 Å². The van der Waals surface area contributed by atoms with Crippen molar-refractivity contribution in [3.63, 3.8) is 0 Å². The third-order valence-electron chi connectivity index (χ3n) is 1.64. The fraction of sp³-hybridized carbons (Fsp3) is 0.833. The molecule has 89 valence electrons. The van der Waals surface area contributed by atoms with E-state index in [1.54, 1.807) is 0 Å². The smallest absolute Gasteiger partial charge is 0 e. The van der Waals surface area contributed by atoms with Crippen LogP contribution in [0.15, 0.2) is 0 Å². The Labute approximate surface area is 115 Å². The Kier molecular flexibility index (Phi) is 28.7. The molecule has 0 rings (SSSR count). The zero-order valence-corrected chi connectivity index (χ0v) is 11.3. The van der Waals surface area contributed by atoms with Crippen molar-refractivity contribution in [1.29, 1.82) is 0 Å². The van der Waals surface area contributed by atoms with Crippen LogP contribution in [0.3, 0.4) is 0 Å². The monoisotopic (exact) mass is 339 g/mol. The average Bonchev–Trinajstić information content (AvgIpc) is 2.02. The van der Waals surface area contributed by atoms with E-state index < -0.39 is 0 Å². The molecule has 0 aromatic carbocycles. The van der Waals surface area contributed by atoms with Gasteiger partial charge in [0.05, 0.1) is 0 Å². The van der Waals surface area contributed by atoms with Gasteiger partial charge in [-0.25, -0.2) is 0 Å². The molecule has 0 N–H and O–H groups in total. The normalized spacial score (nSPS) is 8.77. The molecule has 0 fully saturated rings. The van der Waals surface area contributed by atoms with E-state index in [0.717, 1.165) is 18.8 Å². The topological polar surface area (TPSA) is 0 Å². The molecule has 13 heavy (non-hydrogen) atoms. The summed E-state index contributed by atoms with van der Waals surface area (Å²) in [5.41, 5.74) is 0. The zero-order chi connectivity index (χ0) is 9.82. The molecular weight excluding hydrogens is 313 g/mol. The number of hydrogen-bond donors (Lipinski definition) is 0. The summed E-state index contributed by atoms with van der Waals surface area (Å²) < 4.78 is 0. The van der Waals surface area contributed by atoms with Crippen molar-refractivity contribution in [2.24, 2.45) is 5.92 Å². The molecule has 0 aromatic heterocycles. The molecule has 0 spiro atoms. The van der Waals surface area contributed by atoms with Crippen molar-refractivity contribution in [3.8, 4) is 0 Å². The van der Waals surface area contributed by atoms with Gasteiger partial charge < -0.3 is 13.8 Å². The second-order valence-electron chi connectivity index (χ2n) is 3.60. The molecule has 0 atom stereocenters. The van der Waals surface area contributed by atoms with Gasteiger partial charge >= 0.3 is 0 Å². The number of hydrogen-bond acceptors (Lipinski definition) is 0. The molecular formula is C12H26Tm-2. The molecule has 0 aromatic rings. The van der Waals surface area contributed by atoms with Crippen LogP contribution in [-0.2, 0) is 0 Å². The first-order valence-corrected chi connectivity index (χ1v) is 5.27. The van der Waals surface area contributed by atoms with Gasteiger partial charge in [-0.15, -0.1) is 0 Å². The summed E-state index contributed by atoms with van der Waals surface area (Å²) in [6.45, 7) is 14.1. The van der Waals surface area contributed by atoms with Crippen LogP contribution in [0.5, 0.6) is 0 Å². The predicted molar refractivity (Wildman–Crippen MR) is 58.9 cm³/mol. The van der Waals surface area contributed by atoms with E-state index in [0.29, 0.717) is 0 Å². The fourth-order valence-electron chi connectivity index (χ4n) is 0.835. The van der Waals surface area contributed by atoms with E-state index in [4.69, 9.17) is 0 Å². The third kappa shape index (κ3) is 31.9. The van der Waals surface area contributed by atoms with Crippen molar-refractivity contribution in [1.82, 2.24) is 0 Å². The Hall–Kier alpha value is 1.23. The van der Waals surface area contributed by atoms with Crippen molar-refractivity contribution < 1.29 is 36.9 Å². The first kappa shape index (κ1) is 19.8.